The molecule has 1 N–H and O–H groups in total. The van der Waals surface area contributed by atoms with E-state index in [1.165, 1.54) is 49.1 Å². The number of rotatable bonds is 6. The van der Waals surface area contributed by atoms with E-state index < -0.39 is 20.5 Å². The van der Waals surface area contributed by atoms with Crippen molar-refractivity contribution in [2.24, 2.45) is 7.05 Å². The summed E-state index contributed by atoms with van der Waals surface area (Å²) in [5.41, 5.74) is 0.712. The second kappa shape index (κ2) is 7.40. The van der Waals surface area contributed by atoms with Crippen LogP contribution in [-0.4, -0.2) is 36.0 Å². The van der Waals surface area contributed by atoms with Crippen LogP contribution in [0.4, 0.5) is 5.82 Å². The highest BCUT2D eigenvalue weighted by molar-refractivity contribution is 7.93. The first-order valence-corrected chi connectivity index (χ1v) is 10.8. The lowest BCUT2D eigenvalue weighted by Gasteiger charge is -2.24. The third-order valence-electron chi connectivity index (χ3n) is 4.48. The van der Waals surface area contributed by atoms with Gasteiger partial charge in [0.25, 0.3) is 0 Å². The maximum atomic E-state index is 13.0. The fraction of sp³-hybridized carbons (Fsp3) is 0.263. The number of carbonyl (C=O) groups is 1. The Balaban J connectivity index is 1.86. The lowest BCUT2D eigenvalue weighted by molar-refractivity contribution is -0.117. The van der Waals surface area contributed by atoms with Crippen molar-refractivity contribution >= 4 is 32.9 Å². The summed E-state index contributed by atoms with van der Waals surface area (Å²) in [5, 5.41) is 9.01. The van der Waals surface area contributed by atoms with Gasteiger partial charge in [-0.15, -0.1) is 11.3 Å². The number of anilines is 1. The quantitative estimate of drug-likeness (QED) is 0.662. The molecule has 0 aliphatic carbocycles. The Labute approximate surface area is 167 Å². The molecular weight excluding hydrogens is 398 g/mol. The fourth-order valence-corrected chi connectivity index (χ4v) is 4.63. The maximum Gasteiger partial charge on any atom is 0.246 e. The van der Waals surface area contributed by atoms with E-state index in [2.05, 4.69) is 10.4 Å². The van der Waals surface area contributed by atoms with Crippen LogP contribution in [0.1, 0.15) is 13.8 Å². The highest BCUT2D eigenvalue weighted by atomic mass is 32.2. The van der Waals surface area contributed by atoms with E-state index in [-0.39, 0.29) is 4.90 Å². The number of ether oxygens (including phenoxy) is 1. The molecule has 1 aromatic carbocycles. The van der Waals surface area contributed by atoms with Crippen LogP contribution in [0.15, 0.2) is 52.7 Å². The predicted octanol–water partition coefficient (Wildman–Crippen LogP) is 3.35. The summed E-state index contributed by atoms with van der Waals surface area (Å²) in [5.74, 6) is 0.327. The molecule has 0 radical (unpaired) electrons. The van der Waals surface area contributed by atoms with Gasteiger partial charge in [-0.3, -0.25) is 9.48 Å². The van der Waals surface area contributed by atoms with Crippen LogP contribution in [0, 0.1) is 0 Å². The number of aromatic nitrogens is 2. The molecule has 28 heavy (non-hydrogen) atoms. The fourth-order valence-electron chi connectivity index (χ4n) is 2.57. The standard InChI is InChI=1S/C19H21N3O4S2/c1-19(2,28(24,25)14-9-7-13(26-4)8-10-14)18(23)20-17-12-15(21-22(17)3)16-6-5-11-27-16/h5-12H,1-4H3,(H,20,23). The molecule has 0 saturated carbocycles. The minimum Gasteiger partial charge on any atom is -0.497 e. The molecule has 0 unspecified atom stereocenters. The average Bonchev–Trinajstić information content (AvgIpc) is 3.32. The van der Waals surface area contributed by atoms with E-state index in [4.69, 9.17) is 4.74 Å². The van der Waals surface area contributed by atoms with Gasteiger partial charge in [-0.2, -0.15) is 5.10 Å². The smallest absolute Gasteiger partial charge is 0.246 e. The first-order valence-electron chi connectivity index (χ1n) is 8.45. The Morgan fingerprint density at radius 2 is 1.89 bits per heavy atom. The van der Waals surface area contributed by atoms with Crippen LogP contribution in [0.25, 0.3) is 10.6 Å². The summed E-state index contributed by atoms with van der Waals surface area (Å²) < 4.78 is 31.0. The summed E-state index contributed by atoms with van der Waals surface area (Å²) in [6.07, 6.45) is 0. The summed E-state index contributed by atoms with van der Waals surface area (Å²) in [4.78, 5) is 13.9. The summed E-state index contributed by atoms with van der Waals surface area (Å²) in [7, 11) is -0.736. The third-order valence-corrected chi connectivity index (χ3v) is 7.80. The topological polar surface area (TPSA) is 90.3 Å². The molecule has 1 amide bonds. The zero-order chi connectivity index (χ0) is 20.5. The van der Waals surface area contributed by atoms with Gasteiger partial charge in [-0.25, -0.2) is 8.42 Å². The van der Waals surface area contributed by atoms with Gasteiger partial charge < -0.3 is 10.1 Å². The molecule has 0 spiro atoms. The molecule has 0 saturated heterocycles. The van der Waals surface area contributed by atoms with Gasteiger partial charge in [0.1, 0.15) is 22.0 Å². The van der Waals surface area contributed by atoms with Crippen molar-refractivity contribution in [1.82, 2.24) is 9.78 Å². The third kappa shape index (κ3) is 3.55. The van der Waals surface area contributed by atoms with E-state index in [1.807, 2.05) is 17.5 Å². The number of nitrogens with zero attached hydrogens (tertiary/aromatic N) is 2. The first-order chi connectivity index (χ1) is 13.2. The number of amides is 1. The molecule has 2 aromatic heterocycles. The number of hydrogen-bond donors (Lipinski definition) is 1. The van der Waals surface area contributed by atoms with Gasteiger partial charge in [0.15, 0.2) is 9.84 Å². The molecule has 2 heterocycles. The zero-order valence-electron chi connectivity index (χ0n) is 16.0. The van der Waals surface area contributed by atoms with Gasteiger partial charge >= 0.3 is 0 Å². The lowest BCUT2D eigenvalue weighted by Crippen LogP contribution is -2.44. The van der Waals surface area contributed by atoms with Gasteiger partial charge in [0.2, 0.25) is 5.91 Å². The number of aryl methyl sites for hydroxylation is 1. The molecule has 0 atom stereocenters. The number of thiophene rings is 1. The average molecular weight is 420 g/mol. The first kappa shape index (κ1) is 20.1. The lowest BCUT2D eigenvalue weighted by atomic mass is 10.2. The van der Waals surface area contributed by atoms with Crippen molar-refractivity contribution in [3.05, 3.63) is 47.8 Å². The molecule has 7 nitrogen and oxygen atoms in total. The molecule has 3 aromatic rings. The van der Waals surface area contributed by atoms with Crippen molar-refractivity contribution in [2.75, 3.05) is 12.4 Å². The van der Waals surface area contributed by atoms with E-state index in [1.54, 1.807) is 25.2 Å². The summed E-state index contributed by atoms with van der Waals surface area (Å²) >= 11 is 1.53. The van der Waals surface area contributed by atoms with Crippen molar-refractivity contribution < 1.29 is 17.9 Å². The molecule has 3 rings (SSSR count). The van der Waals surface area contributed by atoms with Crippen molar-refractivity contribution in [3.63, 3.8) is 0 Å². The SMILES string of the molecule is COc1ccc(S(=O)(=O)C(C)(C)C(=O)Nc2cc(-c3cccs3)nn2C)cc1. The van der Waals surface area contributed by atoms with Crippen LogP contribution < -0.4 is 10.1 Å². The Morgan fingerprint density at radius 1 is 1.21 bits per heavy atom. The zero-order valence-corrected chi connectivity index (χ0v) is 17.6. The van der Waals surface area contributed by atoms with Crippen LogP contribution in [0.3, 0.4) is 0 Å². The highest BCUT2D eigenvalue weighted by Crippen LogP contribution is 2.30. The Kier molecular flexibility index (Phi) is 5.31. The Hall–Kier alpha value is -2.65. The van der Waals surface area contributed by atoms with E-state index >= 15 is 0 Å². The van der Waals surface area contributed by atoms with E-state index in [0.717, 1.165) is 4.88 Å². The van der Waals surface area contributed by atoms with Gasteiger partial charge in [-0.1, -0.05) is 6.07 Å². The maximum absolute atomic E-state index is 13.0. The summed E-state index contributed by atoms with van der Waals surface area (Å²) in [6.45, 7) is 2.77. The monoisotopic (exact) mass is 419 g/mol. The highest BCUT2D eigenvalue weighted by Gasteiger charge is 2.43. The molecule has 148 valence electrons. The van der Waals surface area contributed by atoms with Crippen molar-refractivity contribution in [1.29, 1.82) is 0 Å². The predicted molar refractivity (Wildman–Crippen MR) is 109 cm³/mol. The molecule has 0 fully saturated rings. The van der Waals surface area contributed by atoms with Crippen molar-refractivity contribution in [2.45, 2.75) is 23.5 Å². The second-order valence-electron chi connectivity index (χ2n) is 6.66. The number of sulfone groups is 1. The number of benzene rings is 1. The molecule has 9 heteroatoms. The minimum atomic E-state index is -3.93. The van der Waals surface area contributed by atoms with Crippen molar-refractivity contribution in [3.8, 4) is 16.3 Å². The van der Waals surface area contributed by atoms with Gasteiger partial charge in [0, 0.05) is 13.1 Å². The molecule has 0 aliphatic rings. The number of methoxy groups -OCH3 is 1. The Bertz CT molecular complexity index is 1080. The van der Waals surface area contributed by atoms with E-state index in [0.29, 0.717) is 17.3 Å². The Morgan fingerprint density at radius 3 is 2.46 bits per heavy atom. The van der Waals surface area contributed by atoms with Gasteiger partial charge in [0.05, 0.1) is 16.9 Å². The minimum absolute atomic E-state index is 0.0535. The second-order valence-corrected chi connectivity index (χ2v) is 10.1. The normalized spacial score (nSPS) is 12.0. The van der Waals surface area contributed by atoms with Crippen LogP contribution in [0.5, 0.6) is 5.75 Å². The largest absolute Gasteiger partial charge is 0.497 e. The molecular formula is C19H21N3O4S2. The number of hydrogen-bond acceptors (Lipinski definition) is 6. The number of carbonyl (C=O) groups excluding carboxylic acids is 1. The van der Waals surface area contributed by atoms with Gasteiger partial charge in [-0.05, 0) is 49.6 Å². The summed E-state index contributed by atoms with van der Waals surface area (Å²) in [6, 6.07) is 11.5. The van der Waals surface area contributed by atoms with Crippen LogP contribution >= 0.6 is 11.3 Å². The van der Waals surface area contributed by atoms with Crippen LogP contribution in [0.2, 0.25) is 0 Å². The molecule has 0 bridgehead atoms. The number of nitrogens with one attached hydrogen (secondary N) is 1. The van der Waals surface area contributed by atoms with Crippen LogP contribution in [-0.2, 0) is 21.7 Å². The molecule has 0 aliphatic heterocycles. The van der Waals surface area contributed by atoms with E-state index in [9.17, 15) is 13.2 Å².